The van der Waals surface area contributed by atoms with Gasteiger partial charge in [0.2, 0.25) is 0 Å². The van der Waals surface area contributed by atoms with Crippen LogP contribution in [-0.4, -0.2) is 34.9 Å². The first-order valence-electron chi connectivity index (χ1n) is 7.32. The topological polar surface area (TPSA) is 25.2 Å². The molecule has 108 valence electrons. The number of ketones is 1. The zero-order valence-electron chi connectivity index (χ0n) is 13.3. The van der Waals surface area contributed by atoms with Gasteiger partial charge in [-0.25, -0.2) is 0 Å². The van der Waals surface area contributed by atoms with E-state index in [4.69, 9.17) is 0 Å². The van der Waals surface area contributed by atoms with E-state index in [1.54, 1.807) is 0 Å². The molecule has 0 aliphatic rings. The molecular weight excluding hydrogens is 236 g/mol. The third kappa shape index (κ3) is 3.69. The van der Waals surface area contributed by atoms with Crippen LogP contribution in [0.2, 0.25) is 0 Å². The molecule has 3 heteroatoms. The normalized spacial score (nSPS) is 13.0. The van der Waals surface area contributed by atoms with Gasteiger partial charge < -0.3 is 4.57 Å². The van der Waals surface area contributed by atoms with Crippen LogP contribution in [0.1, 0.15) is 55.4 Å². The smallest absolute Gasteiger partial charge is 0.178 e. The van der Waals surface area contributed by atoms with E-state index in [-0.39, 0.29) is 5.78 Å². The van der Waals surface area contributed by atoms with E-state index in [0.29, 0.717) is 12.6 Å². The zero-order valence-corrected chi connectivity index (χ0v) is 13.3. The standard InChI is InChI=1S/C16H28N2O/c1-7-9-12(3)17(6)11-16(19)15-10-13(4)18(8-2)14(15)5/h10,12H,7-9,11H2,1-6H3. The Morgan fingerprint density at radius 3 is 2.47 bits per heavy atom. The van der Waals surface area contributed by atoms with Gasteiger partial charge in [-0.15, -0.1) is 0 Å². The summed E-state index contributed by atoms with van der Waals surface area (Å²) in [5.41, 5.74) is 3.16. The van der Waals surface area contributed by atoms with E-state index < -0.39 is 0 Å². The summed E-state index contributed by atoms with van der Waals surface area (Å²) in [6.45, 7) is 12.0. The van der Waals surface area contributed by atoms with Crippen molar-refractivity contribution < 1.29 is 4.79 Å². The van der Waals surface area contributed by atoms with Crippen molar-refractivity contribution in [1.82, 2.24) is 9.47 Å². The van der Waals surface area contributed by atoms with E-state index in [2.05, 4.69) is 37.2 Å². The first kappa shape index (κ1) is 16.0. The fraction of sp³-hybridized carbons (Fsp3) is 0.688. The number of hydrogen-bond donors (Lipinski definition) is 0. The predicted octanol–water partition coefficient (Wildman–Crippen LogP) is 3.43. The highest BCUT2D eigenvalue weighted by atomic mass is 16.1. The van der Waals surface area contributed by atoms with Gasteiger partial charge in [0, 0.05) is 29.5 Å². The molecule has 1 heterocycles. The molecule has 0 fully saturated rings. The number of Topliss-reactive ketones (excluding diaryl/α,β-unsaturated/α-hetero) is 1. The van der Waals surface area contributed by atoms with E-state index in [0.717, 1.165) is 30.6 Å². The lowest BCUT2D eigenvalue weighted by atomic mass is 10.1. The Hall–Kier alpha value is -1.09. The van der Waals surface area contributed by atoms with Gasteiger partial charge in [-0.2, -0.15) is 0 Å². The Morgan fingerprint density at radius 1 is 1.37 bits per heavy atom. The van der Waals surface area contributed by atoms with Gasteiger partial charge in [-0.3, -0.25) is 9.69 Å². The molecular formula is C16H28N2O. The van der Waals surface area contributed by atoms with Crippen molar-refractivity contribution in [2.75, 3.05) is 13.6 Å². The number of aromatic nitrogens is 1. The summed E-state index contributed by atoms with van der Waals surface area (Å²) in [5.74, 6) is 0.234. The summed E-state index contributed by atoms with van der Waals surface area (Å²) in [6.07, 6.45) is 2.29. The van der Waals surface area contributed by atoms with Crippen molar-refractivity contribution in [3.63, 3.8) is 0 Å². The summed E-state index contributed by atoms with van der Waals surface area (Å²) < 4.78 is 2.20. The van der Waals surface area contributed by atoms with Crippen LogP contribution in [-0.2, 0) is 6.54 Å². The maximum absolute atomic E-state index is 12.4. The summed E-state index contributed by atoms with van der Waals surface area (Å²) in [7, 11) is 2.04. The summed E-state index contributed by atoms with van der Waals surface area (Å²) in [6, 6.07) is 2.49. The van der Waals surface area contributed by atoms with Crippen LogP contribution in [0.15, 0.2) is 6.07 Å². The lowest BCUT2D eigenvalue weighted by Gasteiger charge is -2.23. The Bertz CT molecular complexity index is 434. The van der Waals surface area contributed by atoms with Crippen molar-refractivity contribution in [1.29, 1.82) is 0 Å². The predicted molar refractivity (Wildman–Crippen MR) is 80.9 cm³/mol. The molecule has 0 amide bonds. The Kier molecular flexibility index (Phi) is 5.80. The number of carbonyl (C=O) groups is 1. The van der Waals surface area contributed by atoms with Crippen LogP contribution in [0.3, 0.4) is 0 Å². The number of carbonyl (C=O) groups excluding carboxylic acids is 1. The average Bonchev–Trinajstić information content (AvgIpc) is 2.64. The molecule has 0 N–H and O–H groups in total. The van der Waals surface area contributed by atoms with Crippen LogP contribution in [0.5, 0.6) is 0 Å². The zero-order chi connectivity index (χ0) is 14.6. The van der Waals surface area contributed by atoms with Gasteiger partial charge in [-0.05, 0) is 47.2 Å². The van der Waals surface area contributed by atoms with Crippen molar-refractivity contribution >= 4 is 5.78 Å². The minimum absolute atomic E-state index is 0.234. The molecule has 1 rings (SSSR count). The third-order valence-electron chi connectivity index (χ3n) is 4.04. The quantitative estimate of drug-likeness (QED) is 0.705. The second-order valence-electron chi connectivity index (χ2n) is 5.51. The average molecular weight is 264 g/mol. The van der Waals surface area contributed by atoms with Gasteiger partial charge in [0.25, 0.3) is 0 Å². The lowest BCUT2D eigenvalue weighted by Crippen LogP contribution is -2.34. The minimum atomic E-state index is 0.234. The molecule has 1 atom stereocenters. The Balaban J connectivity index is 2.79. The molecule has 1 aromatic rings. The Labute approximate surface area is 117 Å². The maximum Gasteiger partial charge on any atom is 0.178 e. The SMILES string of the molecule is CCCC(C)N(C)CC(=O)c1cc(C)n(CC)c1C. The Morgan fingerprint density at radius 2 is 2.00 bits per heavy atom. The van der Waals surface area contributed by atoms with Crippen molar-refractivity contribution in [3.05, 3.63) is 23.0 Å². The van der Waals surface area contributed by atoms with E-state index in [1.165, 1.54) is 5.69 Å². The molecule has 0 saturated carbocycles. The van der Waals surface area contributed by atoms with E-state index >= 15 is 0 Å². The maximum atomic E-state index is 12.4. The van der Waals surface area contributed by atoms with Crippen LogP contribution in [0.4, 0.5) is 0 Å². The van der Waals surface area contributed by atoms with E-state index in [1.807, 2.05) is 20.0 Å². The number of nitrogens with zero attached hydrogens (tertiary/aromatic N) is 2. The molecule has 0 saturated heterocycles. The molecule has 0 bridgehead atoms. The number of likely N-dealkylation sites (N-methyl/N-ethyl adjacent to an activating group) is 1. The summed E-state index contributed by atoms with van der Waals surface area (Å²) >= 11 is 0. The monoisotopic (exact) mass is 264 g/mol. The molecule has 19 heavy (non-hydrogen) atoms. The second kappa shape index (κ2) is 6.90. The number of rotatable bonds is 7. The first-order chi connectivity index (χ1) is 8.92. The highest BCUT2D eigenvalue weighted by molar-refractivity contribution is 5.99. The molecule has 0 radical (unpaired) electrons. The molecule has 1 aromatic heterocycles. The minimum Gasteiger partial charge on any atom is -0.349 e. The van der Waals surface area contributed by atoms with Gasteiger partial charge >= 0.3 is 0 Å². The molecule has 0 aromatic carbocycles. The highest BCUT2D eigenvalue weighted by Gasteiger charge is 2.18. The molecule has 0 aliphatic heterocycles. The molecule has 1 unspecified atom stereocenters. The number of aryl methyl sites for hydroxylation is 1. The first-order valence-corrected chi connectivity index (χ1v) is 7.32. The third-order valence-corrected chi connectivity index (χ3v) is 4.04. The van der Waals surface area contributed by atoms with Gasteiger partial charge in [0.05, 0.1) is 6.54 Å². The molecule has 3 nitrogen and oxygen atoms in total. The van der Waals surface area contributed by atoms with Crippen molar-refractivity contribution in [2.45, 2.75) is 60.0 Å². The lowest BCUT2D eigenvalue weighted by molar-refractivity contribution is 0.0920. The van der Waals surface area contributed by atoms with Crippen LogP contribution in [0.25, 0.3) is 0 Å². The van der Waals surface area contributed by atoms with E-state index in [9.17, 15) is 4.79 Å². The van der Waals surface area contributed by atoms with Gasteiger partial charge in [0.15, 0.2) is 5.78 Å². The second-order valence-corrected chi connectivity index (χ2v) is 5.51. The van der Waals surface area contributed by atoms with Crippen LogP contribution < -0.4 is 0 Å². The largest absolute Gasteiger partial charge is 0.349 e. The molecule has 0 spiro atoms. The summed E-state index contributed by atoms with van der Waals surface area (Å²) in [5, 5.41) is 0. The number of hydrogen-bond acceptors (Lipinski definition) is 2. The van der Waals surface area contributed by atoms with Crippen LogP contribution in [0, 0.1) is 13.8 Å². The van der Waals surface area contributed by atoms with Gasteiger partial charge in [-0.1, -0.05) is 13.3 Å². The molecule has 0 aliphatic carbocycles. The van der Waals surface area contributed by atoms with Crippen molar-refractivity contribution in [2.24, 2.45) is 0 Å². The fourth-order valence-corrected chi connectivity index (χ4v) is 2.68. The summed E-state index contributed by atoms with van der Waals surface area (Å²) in [4.78, 5) is 14.6. The fourth-order valence-electron chi connectivity index (χ4n) is 2.68. The van der Waals surface area contributed by atoms with Gasteiger partial charge in [0.1, 0.15) is 0 Å². The van der Waals surface area contributed by atoms with Crippen LogP contribution >= 0.6 is 0 Å². The highest BCUT2D eigenvalue weighted by Crippen LogP contribution is 2.16. The van der Waals surface area contributed by atoms with Crippen molar-refractivity contribution in [3.8, 4) is 0 Å².